The number of nitrogens with one attached hydrogen (secondary N) is 1. The summed E-state index contributed by atoms with van der Waals surface area (Å²) in [5, 5.41) is 12.3. The molecule has 0 aromatic heterocycles. The van der Waals surface area contributed by atoms with E-state index in [0.717, 1.165) is 31.2 Å². The summed E-state index contributed by atoms with van der Waals surface area (Å²) in [4.78, 5) is 23.7. The summed E-state index contributed by atoms with van der Waals surface area (Å²) in [5.74, 6) is -1.15. The van der Waals surface area contributed by atoms with Crippen LogP contribution in [0.1, 0.15) is 56.9 Å². The van der Waals surface area contributed by atoms with Crippen molar-refractivity contribution in [3.8, 4) is 0 Å². The maximum atomic E-state index is 12.3. The van der Waals surface area contributed by atoms with Crippen LogP contribution in [-0.2, 0) is 9.59 Å². The molecule has 0 aliphatic heterocycles. The van der Waals surface area contributed by atoms with E-state index < -0.39 is 11.9 Å². The molecule has 1 aliphatic carbocycles. The van der Waals surface area contributed by atoms with Crippen molar-refractivity contribution in [2.24, 2.45) is 5.92 Å². The summed E-state index contributed by atoms with van der Waals surface area (Å²) >= 11 is 0. The molecule has 1 amide bonds. The van der Waals surface area contributed by atoms with Gasteiger partial charge in [0.15, 0.2) is 0 Å². The molecule has 22 heavy (non-hydrogen) atoms. The zero-order valence-electron chi connectivity index (χ0n) is 13.1. The minimum Gasteiger partial charge on any atom is -0.481 e. The SMILES string of the molecule is CC(CC(=O)N[C@H]1CCCCC[C@H]1C(=O)O)c1ccccc1. The van der Waals surface area contributed by atoms with Crippen molar-refractivity contribution in [1.82, 2.24) is 5.32 Å². The number of carboxylic acid groups (broad SMARTS) is 1. The van der Waals surface area contributed by atoms with Gasteiger partial charge in [-0.3, -0.25) is 9.59 Å². The van der Waals surface area contributed by atoms with Crippen molar-refractivity contribution in [3.05, 3.63) is 35.9 Å². The van der Waals surface area contributed by atoms with Crippen LogP contribution >= 0.6 is 0 Å². The molecule has 0 heterocycles. The van der Waals surface area contributed by atoms with E-state index >= 15 is 0 Å². The fraction of sp³-hybridized carbons (Fsp3) is 0.556. The monoisotopic (exact) mass is 303 g/mol. The average molecular weight is 303 g/mol. The average Bonchev–Trinajstić information content (AvgIpc) is 2.73. The second-order valence-corrected chi connectivity index (χ2v) is 6.27. The Labute approximate surface area is 131 Å². The minimum absolute atomic E-state index is 0.0468. The van der Waals surface area contributed by atoms with Crippen LogP contribution in [0.2, 0.25) is 0 Å². The van der Waals surface area contributed by atoms with Crippen molar-refractivity contribution in [2.45, 2.75) is 57.4 Å². The number of aliphatic carboxylic acids is 1. The standard InChI is InChI=1S/C18H25NO3/c1-13(14-8-4-2-5-9-14)12-17(20)19-16-11-7-3-6-10-15(16)18(21)22/h2,4-5,8-9,13,15-16H,3,6-7,10-12H2,1H3,(H,19,20)(H,21,22)/t13?,15-,16+/m1/s1. The molecule has 1 aromatic carbocycles. The van der Waals surface area contributed by atoms with Crippen molar-refractivity contribution < 1.29 is 14.7 Å². The number of benzene rings is 1. The van der Waals surface area contributed by atoms with Gasteiger partial charge < -0.3 is 10.4 Å². The summed E-state index contributed by atoms with van der Waals surface area (Å²) in [6, 6.07) is 9.70. The summed E-state index contributed by atoms with van der Waals surface area (Å²) in [6.45, 7) is 2.02. The first-order valence-corrected chi connectivity index (χ1v) is 8.15. The molecular formula is C18H25NO3. The Balaban J connectivity index is 1.93. The third kappa shape index (κ3) is 4.58. The lowest BCUT2D eigenvalue weighted by Crippen LogP contribution is -2.43. The van der Waals surface area contributed by atoms with Gasteiger partial charge in [0.1, 0.15) is 0 Å². The molecule has 0 saturated heterocycles. The van der Waals surface area contributed by atoms with Crippen LogP contribution in [0, 0.1) is 5.92 Å². The number of amides is 1. The van der Waals surface area contributed by atoms with E-state index in [1.165, 1.54) is 0 Å². The van der Waals surface area contributed by atoms with E-state index in [-0.39, 0.29) is 17.9 Å². The Morgan fingerprint density at radius 2 is 1.86 bits per heavy atom. The van der Waals surface area contributed by atoms with Crippen LogP contribution in [0.3, 0.4) is 0 Å². The number of hydrogen-bond acceptors (Lipinski definition) is 2. The lowest BCUT2D eigenvalue weighted by atomic mass is 9.93. The fourth-order valence-electron chi connectivity index (χ4n) is 3.22. The van der Waals surface area contributed by atoms with Crippen LogP contribution in [0.25, 0.3) is 0 Å². The van der Waals surface area contributed by atoms with Gasteiger partial charge in [0.05, 0.1) is 5.92 Å². The number of carbonyl (C=O) groups excluding carboxylic acids is 1. The quantitative estimate of drug-likeness (QED) is 0.820. The van der Waals surface area contributed by atoms with Gasteiger partial charge in [0.25, 0.3) is 0 Å². The molecule has 120 valence electrons. The van der Waals surface area contributed by atoms with Gasteiger partial charge in [-0.05, 0) is 24.3 Å². The zero-order chi connectivity index (χ0) is 15.9. The predicted octanol–water partition coefficient (Wildman–Crippen LogP) is 3.33. The number of hydrogen-bond donors (Lipinski definition) is 2. The van der Waals surface area contributed by atoms with Crippen molar-refractivity contribution in [3.63, 3.8) is 0 Å². The van der Waals surface area contributed by atoms with Gasteiger partial charge in [-0.2, -0.15) is 0 Å². The summed E-state index contributed by atoms with van der Waals surface area (Å²) in [7, 11) is 0. The third-order valence-corrected chi connectivity index (χ3v) is 4.54. The molecule has 1 unspecified atom stereocenters. The van der Waals surface area contributed by atoms with Gasteiger partial charge >= 0.3 is 5.97 Å². The van der Waals surface area contributed by atoms with Gasteiger partial charge in [-0.25, -0.2) is 0 Å². The molecule has 0 radical (unpaired) electrons. The molecule has 0 bridgehead atoms. The van der Waals surface area contributed by atoms with Gasteiger partial charge in [-0.1, -0.05) is 56.5 Å². The second-order valence-electron chi connectivity index (χ2n) is 6.27. The van der Waals surface area contributed by atoms with Crippen LogP contribution in [-0.4, -0.2) is 23.0 Å². The van der Waals surface area contributed by atoms with Gasteiger partial charge in [0.2, 0.25) is 5.91 Å². The molecule has 1 saturated carbocycles. The lowest BCUT2D eigenvalue weighted by molar-refractivity contribution is -0.143. The Bertz CT molecular complexity index is 500. The number of rotatable bonds is 5. The maximum absolute atomic E-state index is 12.3. The Morgan fingerprint density at radius 1 is 1.18 bits per heavy atom. The first-order valence-electron chi connectivity index (χ1n) is 8.15. The predicted molar refractivity (Wildman–Crippen MR) is 85.6 cm³/mol. The van der Waals surface area contributed by atoms with Crippen molar-refractivity contribution in [1.29, 1.82) is 0 Å². The molecular weight excluding hydrogens is 278 g/mol. The van der Waals surface area contributed by atoms with E-state index in [0.29, 0.717) is 12.8 Å². The Kier molecular flexibility index (Phi) is 5.99. The van der Waals surface area contributed by atoms with Gasteiger partial charge in [0, 0.05) is 12.5 Å². The first-order chi connectivity index (χ1) is 10.6. The van der Waals surface area contributed by atoms with E-state index in [9.17, 15) is 14.7 Å². The molecule has 0 spiro atoms. The largest absolute Gasteiger partial charge is 0.481 e. The summed E-state index contributed by atoms with van der Waals surface area (Å²) < 4.78 is 0. The van der Waals surface area contributed by atoms with Crippen LogP contribution < -0.4 is 5.32 Å². The zero-order valence-corrected chi connectivity index (χ0v) is 13.1. The molecule has 4 nitrogen and oxygen atoms in total. The topological polar surface area (TPSA) is 66.4 Å². The number of carboxylic acids is 1. The molecule has 1 aromatic rings. The highest BCUT2D eigenvalue weighted by Crippen LogP contribution is 2.25. The van der Waals surface area contributed by atoms with Crippen LogP contribution in [0.4, 0.5) is 0 Å². The lowest BCUT2D eigenvalue weighted by Gasteiger charge is -2.23. The highest BCUT2D eigenvalue weighted by Gasteiger charge is 2.30. The first kappa shape index (κ1) is 16.5. The fourth-order valence-corrected chi connectivity index (χ4v) is 3.22. The normalized spacial score (nSPS) is 23.3. The Morgan fingerprint density at radius 3 is 2.55 bits per heavy atom. The summed E-state index contributed by atoms with van der Waals surface area (Å²) in [5.41, 5.74) is 1.13. The third-order valence-electron chi connectivity index (χ3n) is 4.54. The van der Waals surface area contributed by atoms with E-state index in [1.807, 2.05) is 37.3 Å². The van der Waals surface area contributed by atoms with Crippen LogP contribution in [0.5, 0.6) is 0 Å². The summed E-state index contributed by atoms with van der Waals surface area (Å²) in [6.07, 6.45) is 4.80. The molecule has 1 aliphatic rings. The molecule has 2 rings (SSSR count). The minimum atomic E-state index is -0.789. The molecule has 2 N–H and O–H groups in total. The molecule has 1 fully saturated rings. The van der Waals surface area contributed by atoms with E-state index in [4.69, 9.17) is 0 Å². The van der Waals surface area contributed by atoms with Crippen molar-refractivity contribution >= 4 is 11.9 Å². The molecule has 3 atom stereocenters. The van der Waals surface area contributed by atoms with Gasteiger partial charge in [-0.15, -0.1) is 0 Å². The Hall–Kier alpha value is -1.84. The van der Waals surface area contributed by atoms with Crippen LogP contribution in [0.15, 0.2) is 30.3 Å². The smallest absolute Gasteiger partial charge is 0.308 e. The maximum Gasteiger partial charge on any atom is 0.308 e. The van der Waals surface area contributed by atoms with Crippen molar-refractivity contribution in [2.75, 3.05) is 0 Å². The molecule has 4 heteroatoms. The number of carbonyl (C=O) groups is 2. The van der Waals surface area contributed by atoms with E-state index in [1.54, 1.807) is 0 Å². The highest BCUT2D eigenvalue weighted by atomic mass is 16.4. The van der Waals surface area contributed by atoms with E-state index in [2.05, 4.69) is 5.32 Å². The highest BCUT2D eigenvalue weighted by molar-refractivity contribution is 5.78. The second kappa shape index (κ2) is 7.97.